The van der Waals surface area contributed by atoms with Crippen LogP contribution in [0.15, 0.2) is 36.1 Å². The second-order valence-electron chi connectivity index (χ2n) is 9.71. The van der Waals surface area contributed by atoms with Crippen molar-refractivity contribution in [1.29, 1.82) is 0 Å². The fourth-order valence-electron chi connectivity index (χ4n) is 5.28. The summed E-state index contributed by atoms with van der Waals surface area (Å²) in [4.78, 5) is 20.4. The lowest BCUT2D eigenvalue weighted by molar-refractivity contribution is 0.0329. The van der Waals surface area contributed by atoms with Crippen molar-refractivity contribution in [3.63, 3.8) is 0 Å². The van der Waals surface area contributed by atoms with Gasteiger partial charge in [0.15, 0.2) is 5.76 Å². The maximum atomic E-state index is 13.3. The number of rotatable bonds is 8. The van der Waals surface area contributed by atoms with Crippen LogP contribution in [0.2, 0.25) is 0 Å². The SMILES string of the molecule is CCN(CC)c1ccc(/C=C2\Oc3c4c(cc(C)c3C2=O)OCN(CCCN2CCOCC2)C4)cc1. The summed E-state index contributed by atoms with van der Waals surface area (Å²) in [7, 11) is 0. The summed E-state index contributed by atoms with van der Waals surface area (Å²) in [5.74, 6) is 1.82. The summed E-state index contributed by atoms with van der Waals surface area (Å²) in [6.07, 6.45) is 2.92. The Morgan fingerprint density at radius 2 is 1.75 bits per heavy atom. The zero-order valence-electron chi connectivity index (χ0n) is 21.7. The number of carbonyl (C=O) groups excluding carboxylic acids is 1. The summed E-state index contributed by atoms with van der Waals surface area (Å²) in [5, 5.41) is 0. The fourth-order valence-corrected chi connectivity index (χ4v) is 5.28. The van der Waals surface area contributed by atoms with E-state index in [9.17, 15) is 4.79 Å². The molecule has 1 fully saturated rings. The van der Waals surface area contributed by atoms with Gasteiger partial charge in [0, 0.05) is 45.0 Å². The molecule has 1 saturated heterocycles. The van der Waals surface area contributed by atoms with Crippen LogP contribution >= 0.6 is 0 Å². The summed E-state index contributed by atoms with van der Waals surface area (Å²) >= 11 is 0. The third kappa shape index (κ3) is 5.14. The third-order valence-electron chi connectivity index (χ3n) is 7.36. The highest BCUT2D eigenvalue weighted by molar-refractivity contribution is 6.15. The van der Waals surface area contributed by atoms with E-state index in [2.05, 4.69) is 40.7 Å². The van der Waals surface area contributed by atoms with Crippen LogP contribution in [0.1, 0.15) is 47.3 Å². The Hall–Kier alpha value is -2.87. The highest BCUT2D eigenvalue weighted by Gasteiger charge is 2.35. The second-order valence-corrected chi connectivity index (χ2v) is 9.71. The van der Waals surface area contributed by atoms with Crippen LogP contribution in [0, 0.1) is 6.92 Å². The van der Waals surface area contributed by atoms with Gasteiger partial charge in [0.2, 0.25) is 5.78 Å². The molecule has 3 aliphatic heterocycles. The van der Waals surface area contributed by atoms with E-state index in [0.717, 1.165) is 87.9 Å². The van der Waals surface area contributed by atoms with Gasteiger partial charge in [0.05, 0.1) is 24.3 Å². The Bertz CT molecular complexity index is 1120. The molecule has 0 bridgehead atoms. The number of nitrogens with zero attached hydrogens (tertiary/aromatic N) is 3. The molecule has 5 rings (SSSR count). The van der Waals surface area contributed by atoms with Crippen LogP contribution in [0.5, 0.6) is 11.5 Å². The van der Waals surface area contributed by atoms with Gasteiger partial charge in [-0.15, -0.1) is 0 Å². The highest BCUT2D eigenvalue weighted by Crippen LogP contribution is 2.44. The number of ether oxygens (including phenoxy) is 3. The number of Topliss-reactive ketones (excluding diaryl/α,β-unsaturated/α-hetero) is 1. The molecule has 7 nitrogen and oxygen atoms in total. The molecule has 0 N–H and O–H groups in total. The van der Waals surface area contributed by atoms with Crippen LogP contribution in [-0.4, -0.2) is 74.8 Å². The van der Waals surface area contributed by atoms with E-state index in [4.69, 9.17) is 14.2 Å². The molecule has 2 aromatic carbocycles. The first-order valence-corrected chi connectivity index (χ1v) is 13.2. The Morgan fingerprint density at radius 3 is 2.47 bits per heavy atom. The summed E-state index contributed by atoms with van der Waals surface area (Å²) < 4.78 is 17.8. The molecule has 0 unspecified atom stereocenters. The van der Waals surface area contributed by atoms with Crippen molar-refractivity contribution in [2.45, 2.75) is 33.7 Å². The molecule has 0 spiro atoms. The number of carbonyl (C=O) groups is 1. The molecule has 0 amide bonds. The van der Waals surface area contributed by atoms with Gasteiger partial charge in [-0.2, -0.15) is 0 Å². The number of morpholine rings is 1. The first-order valence-electron chi connectivity index (χ1n) is 13.2. The van der Waals surface area contributed by atoms with Crippen molar-refractivity contribution >= 4 is 17.5 Å². The molecule has 0 radical (unpaired) electrons. The van der Waals surface area contributed by atoms with E-state index in [-0.39, 0.29) is 5.78 Å². The predicted octanol–water partition coefficient (Wildman–Crippen LogP) is 4.33. The topological polar surface area (TPSA) is 54.5 Å². The van der Waals surface area contributed by atoms with Gasteiger partial charge >= 0.3 is 0 Å². The second kappa shape index (κ2) is 11.0. The maximum Gasteiger partial charge on any atom is 0.232 e. The quantitative estimate of drug-likeness (QED) is 0.510. The number of allylic oxidation sites excluding steroid dienone is 1. The van der Waals surface area contributed by atoms with Gasteiger partial charge in [-0.1, -0.05) is 12.1 Å². The van der Waals surface area contributed by atoms with Crippen molar-refractivity contribution in [3.05, 3.63) is 58.3 Å². The summed E-state index contributed by atoms with van der Waals surface area (Å²) in [5.41, 5.74) is 4.67. The number of aryl methyl sites for hydroxylation is 1. The molecule has 36 heavy (non-hydrogen) atoms. The lowest BCUT2D eigenvalue weighted by Crippen LogP contribution is -2.39. The van der Waals surface area contributed by atoms with Crippen LogP contribution in [0.4, 0.5) is 5.69 Å². The molecule has 2 aromatic rings. The van der Waals surface area contributed by atoms with Gasteiger partial charge in [-0.3, -0.25) is 14.6 Å². The first kappa shape index (κ1) is 24.8. The third-order valence-corrected chi connectivity index (χ3v) is 7.36. The molecule has 0 atom stereocenters. The van der Waals surface area contributed by atoms with E-state index >= 15 is 0 Å². The molecule has 0 saturated carbocycles. The van der Waals surface area contributed by atoms with Crippen molar-refractivity contribution in [2.24, 2.45) is 0 Å². The van der Waals surface area contributed by atoms with Crippen molar-refractivity contribution < 1.29 is 19.0 Å². The average molecular weight is 492 g/mol. The van der Waals surface area contributed by atoms with Crippen molar-refractivity contribution in [2.75, 3.05) is 64.1 Å². The fraction of sp³-hybridized carbons (Fsp3) is 0.483. The van der Waals surface area contributed by atoms with Crippen molar-refractivity contribution in [1.82, 2.24) is 9.80 Å². The van der Waals surface area contributed by atoms with E-state index in [1.807, 2.05) is 31.2 Å². The van der Waals surface area contributed by atoms with Gasteiger partial charge < -0.3 is 19.1 Å². The lowest BCUT2D eigenvalue weighted by atomic mass is 9.98. The Balaban J connectivity index is 1.30. The van der Waals surface area contributed by atoms with Crippen molar-refractivity contribution in [3.8, 4) is 11.5 Å². The van der Waals surface area contributed by atoms with Crippen LogP contribution in [0.25, 0.3) is 6.08 Å². The molecule has 0 aromatic heterocycles. The van der Waals surface area contributed by atoms with E-state index in [0.29, 0.717) is 23.8 Å². The van der Waals surface area contributed by atoms with E-state index in [1.54, 1.807) is 0 Å². The minimum absolute atomic E-state index is 0.0532. The Morgan fingerprint density at radius 1 is 1.03 bits per heavy atom. The Labute approximate surface area is 214 Å². The monoisotopic (exact) mass is 491 g/mol. The number of fused-ring (bicyclic) bond motifs is 3. The smallest absolute Gasteiger partial charge is 0.232 e. The minimum Gasteiger partial charge on any atom is -0.478 e. The Kier molecular flexibility index (Phi) is 7.60. The minimum atomic E-state index is -0.0532. The average Bonchev–Trinajstić information content (AvgIpc) is 3.23. The van der Waals surface area contributed by atoms with Gasteiger partial charge in [-0.05, 0) is 69.1 Å². The highest BCUT2D eigenvalue weighted by atomic mass is 16.5. The normalized spacial score (nSPS) is 19.1. The van der Waals surface area contributed by atoms with E-state index < -0.39 is 0 Å². The number of ketones is 1. The molecular formula is C29H37N3O4. The maximum absolute atomic E-state index is 13.3. The zero-order chi connectivity index (χ0) is 25.1. The molecule has 7 heteroatoms. The largest absolute Gasteiger partial charge is 0.478 e. The summed E-state index contributed by atoms with van der Waals surface area (Å²) in [6.45, 7) is 15.1. The van der Waals surface area contributed by atoms with Gasteiger partial charge in [0.25, 0.3) is 0 Å². The van der Waals surface area contributed by atoms with Crippen LogP contribution in [0.3, 0.4) is 0 Å². The molecule has 192 valence electrons. The molecule has 3 heterocycles. The molecule has 0 aliphatic carbocycles. The van der Waals surface area contributed by atoms with Gasteiger partial charge in [-0.25, -0.2) is 0 Å². The zero-order valence-corrected chi connectivity index (χ0v) is 21.7. The number of hydrogen-bond acceptors (Lipinski definition) is 7. The molecule has 3 aliphatic rings. The summed E-state index contributed by atoms with van der Waals surface area (Å²) in [6, 6.07) is 10.3. The van der Waals surface area contributed by atoms with Crippen LogP contribution in [-0.2, 0) is 11.3 Å². The predicted molar refractivity (Wildman–Crippen MR) is 142 cm³/mol. The van der Waals surface area contributed by atoms with Gasteiger partial charge in [0.1, 0.15) is 18.2 Å². The lowest BCUT2D eigenvalue weighted by Gasteiger charge is -2.31. The standard InChI is InChI=1S/C29H37N3O4/c1-4-32(5-2)23-9-7-22(8-10-23)18-26-28(33)27-21(3)17-25-24(29(27)36-26)19-31(20-35-25)12-6-11-30-13-15-34-16-14-30/h7-10,17-18H,4-6,11-16,19-20H2,1-3H3/b26-18-. The molecular weight excluding hydrogens is 454 g/mol. The number of anilines is 1. The van der Waals surface area contributed by atoms with E-state index in [1.165, 1.54) is 5.69 Å². The van der Waals surface area contributed by atoms with Crippen LogP contribution < -0.4 is 14.4 Å². The number of benzene rings is 2. The number of hydrogen-bond donors (Lipinski definition) is 0. The first-order chi connectivity index (χ1) is 17.6.